The summed E-state index contributed by atoms with van der Waals surface area (Å²) in [5, 5.41) is 9.69. The summed E-state index contributed by atoms with van der Waals surface area (Å²) in [5.41, 5.74) is 7.59. The molecule has 1 atom stereocenters. The fourth-order valence-electron chi connectivity index (χ4n) is 2.06. The van der Waals surface area contributed by atoms with Gasteiger partial charge in [0.2, 0.25) is 0 Å². The second kappa shape index (κ2) is 6.04. The molecule has 0 heterocycles. The Morgan fingerprint density at radius 2 is 2.00 bits per heavy atom. The summed E-state index contributed by atoms with van der Waals surface area (Å²) in [6.45, 7) is 0.419. The Hall–Kier alpha value is -1.58. The normalized spacial score (nSPS) is 12.4. The Kier molecular flexibility index (Phi) is 4.40. The van der Waals surface area contributed by atoms with Crippen molar-refractivity contribution in [3.05, 3.63) is 64.4 Å². The zero-order valence-corrected chi connectivity index (χ0v) is 11.1. The van der Waals surface area contributed by atoms with Crippen molar-refractivity contribution in [2.24, 2.45) is 5.73 Å². The second-order valence-electron chi connectivity index (χ2n) is 4.48. The summed E-state index contributed by atoms with van der Waals surface area (Å²) in [4.78, 5) is 0. The molecule has 2 rings (SSSR count). The first kappa shape index (κ1) is 13.8. The van der Waals surface area contributed by atoms with Crippen molar-refractivity contribution in [2.45, 2.75) is 12.3 Å². The Balaban J connectivity index is 2.21. The van der Waals surface area contributed by atoms with Gasteiger partial charge in [-0.3, -0.25) is 0 Å². The molecule has 3 N–H and O–H groups in total. The van der Waals surface area contributed by atoms with Crippen LogP contribution in [0.25, 0.3) is 0 Å². The predicted molar refractivity (Wildman–Crippen MR) is 75.0 cm³/mol. The van der Waals surface area contributed by atoms with Gasteiger partial charge in [0.25, 0.3) is 0 Å². The van der Waals surface area contributed by atoms with E-state index in [0.717, 1.165) is 11.1 Å². The fraction of sp³-hybridized carbons (Fsp3) is 0.200. The zero-order chi connectivity index (χ0) is 13.8. The fourth-order valence-corrected chi connectivity index (χ4v) is 2.26. The summed E-state index contributed by atoms with van der Waals surface area (Å²) in [6, 6.07) is 11.5. The largest absolute Gasteiger partial charge is 0.506 e. The van der Waals surface area contributed by atoms with E-state index in [1.807, 2.05) is 6.07 Å². The van der Waals surface area contributed by atoms with Gasteiger partial charge in [-0.25, -0.2) is 4.39 Å². The van der Waals surface area contributed by atoms with Crippen LogP contribution in [0.15, 0.2) is 42.5 Å². The Labute approximate surface area is 116 Å². The van der Waals surface area contributed by atoms with E-state index in [0.29, 0.717) is 18.0 Å². The molecule has 0 bridgehead atoms. The van der Waals surface area contributed by atoms with Gasteiger partial charge in [0.05, 0.1) is 5.02 Å². The molecule has 0 saturated carbocycles. The second-order valence-corrected chi connectivity index (χ2v) is 4.88. The van der Waals surface area contributed by atoms with E-state index >= 15 is 0 Å². The third kappa shape index (κ3) is 3.46. The van der Waals surface area contributed by atoms with Crippen molar-refractivity contribution in [3.63, 3.8) is 0 Å². The van der Waals surface area contributed by atoms with Crippen LogP contribution in [0.2, 0.25) is 5.02 Å². The Morgan fingerprint density at radius 3 is 2.63 bits per heavy atom. The van der Waals surface area contributed by atoms with E-state index in [9.17, 15) is 9.50 Å². The molecule has 0 spiro atoms. The molecule has 0 fully saturated rings. The van der Waals surface area contributed by atoms with E-state index in [4.69, 9.17) is 17.3 Å². The number of hydrogen-bond donors (Lipinski definition) is 2. The highest BCUT2D eigenvalue weighted by Gasteiger charge is 2.12. The first-order valence-corrected chi connectivity index (χ1v) is 6.41. The monoisotopic (exact) mass is 279 g/mol. The van der Waals surface area contributed by atoms with Crippen molar-refractivity contribution >= 4 is 11.6 Å². The number of hydrogen-bond acceptors (Lipinski definition) is 2. The molecule has 2 nitrogen and oxygen atoms in total. The quantitative estimate of drug-likeness (QED) is 0.900. The number of benzene rings is 2. The molecule has 100 valence electrons. The molecule has 0 aliphatic carbocycles. The van der Waals surface area contributed by atoms with Gasteiger partial charge in [-0.05, 0) is 48.4 Å². The third-order valence-corrected chi connectivity index (χ3v) is 3.40. The van der Waals surface area contributed by atoms with Crippen LogP contribution in [-0.4, -0.2) is 11.7 Å². The predicted octanol–water partition coefficient (Wildman–Crippen LogP) is 3.47. The summed E-state index contributed by atoms with van der Waals surface area (Å²) in [6.07, 6.45) is 0.653. The van der Waals surface area contributed by atoms with Crippen molar-refractivity contribution in [3.8, 4) is 5.75 Å². The van der Waals surface area contributed by atoms with Gasteiger partial charge >= 0.3 is 0 Å². The van der Waals surface area contributed by atoms with E-state index in [2.05, 4.69) is 0 Å². The minimum Gasteiger partial charge on any atom is -0.506 e. The minimum absolute atomic E-state index is 0.0244. The molecular formula is C15H15ClFNO. The van der Waals surface area contributed by atoms with Gasteiger partial charge in [-0.2, -0.15) is 0 Å². The summed E-state index contributed by atoms with van der Waals surface area (Å²) >= 11 is 5.87. The summed E-state index contributed by atoms with van der Waals surface area (Å²) < 4.78 is 13.2. The highest BCUT2D eigenvalue weighted by atomic mass is 35.5. The molecular weight excluding hydrogens is 265 g/mol. The number of halogens is 2. The standard InChI is InChI=1S/C15H15ClFNO/c16-14-7-10(4-5-15(14)19)6-12(9-18)11-2-1-3-13(17)8-11/h1-5,7-8,12,19H,6,9,18H2. The maximum absolute atomic E-state index is 13.2. The van der Waals surface area contributed by atoms with Gasteiger partial charge in [0.1, 0.15) is 11.6 Å². The van der Waals surface area contributed by atoms with Crippen LogP contribution in [0.5, 0.6) is 5.75 Å². The molecule has 0 amide bonds. The lowest BCUT2D eigenvalue weighted by molar-refractivity contribution is 0.475. The van der Waals surface area contributed by atoms with Crippen LogP contribution in [0.4, 0.5) is 4.39 Å². The highest BCUT2D eigenvalue weighted by Crippen LogP contribution is 2.27. The molecule has 4 heteroatoms. The first-order chi connectivity index (χ1) is 9.10. The topological polar surface area (TPSA) is 46.2 Å². The van der Waals surface area contributed by atoms with E-state index < -0.39 is 0 Å². The lowest BCUT2D eigenvalue weighted by atomic mass is 9.92. The maximum Gasteiger partial charge on any atom is 0.134 e. The lowest BCUT2D eigenvalue weighted by Crippen LogP contribution is -2.15. The number of phenolic OH excluding ortho intramolecular Hbond substituents is 1. The summed E-state index contributed by atoms with van der Waals surface area (Å²) in [5.74, 6) is -0.184. The van der Waals surface area contributed by atoms with Crippen LogP contribution in [0, 0.1) is 5.82 Å². The van der Waals surface area contributed by atoms with Gasteiger partial charge in [0, 0.05) is 5.92 Å². The van der Waals surface area contributed by atoms with Gasteiger partial charge in [0.15, 0.2) is 0 Å². The molecule has 0 aliphatic heterocycles. The number of nitrogens with two attached hydrogens (primary N) is 1. The minimum atomic E-state index is -0.264. The SMILES string of the molecule is NCC(Cc1ccc(O)c(Cl)c1)c1cccc(F)c1. The molecule has 0 saturated heterocycles. The molecule has 1 unspecified atom stereocenters. The first-order valence-electron chi connectivity index (χ1n) is 6.03. The average Bonchev–Trinajstić information content (AvgIpc) is 2.40. The molecule has 0 radical (unpaired) electrons. The van der Waals surface area contributed by atoms with E-state index in [1.54, 1.807) is 24.3 Å². The van der Waals surface area contributed by atoms with Crippen LogP contribution >= 0.6 is 11.6 Å². The zero-order valence-electron chi connectivity index (χ0n) is 10.3. The van der Waals surface area contributed by atoms with E-state index in [-0.39, 0.29) is 17.5 Å². The Morgan fingerprint density at radius 1 is 1.21 bits per heavy atom. The number of rotatable bonds is 4. The van der Waals surface area contributed by atoms with E-state index in [1.165, 1.54) is 12.1 Å². The maximum atomic E-state index is 13.2. The third-order valence-electron chi connectivity index (χ3n) is 3.10. The van der Waals surface area contributed by atoms with Crippen molar-refractivity contribution < 1.29 is 9.50 Å². The lowest BCUT2D eigenvalue weighted by Gasteiger charge is -2.15. The van der Waals surface area contributed by atoms with Crippen molar-refractivity contribution in [1.82, 2.24) is 0 Å². The van der Waals surface area contributed by atoms with Gasteiger partial charge < -0.3 is 10.8 Å². The Bertz CT molecular complexity index is 574. The number of phenols is 1. The van der Waals surface area contributed by atoms with Crippen LogP contribution in [0.3, 0.4) is 0 Å². The molecule has 19 heavy (non-hydrogen) atoms. The summed E-state index contributed by atoms with van der Waals surface area (Å²) in [7, 11) is 0. The van der Waals surface area contributed by atoms with Crippen molar-refractivity contribution in [2.75, 3.05) is 6.54 Å². The van der Waals surface area contributed by atoms with Gasteiger partial charge in [-0.15, -0.1) is 0 Å². The van der Waals surface area contributed by atoms with Crippen LogP contribution in [0.1, 0.15) is 17.0 Å². The molecule has 2 aromatic rings. The van der Waals surface area contributed by atoms with Gasteiger partial charge in [-0.1, -0.05) is 29.8 Å². The van der Waals surface area contributed by atoms with Crippen molar-refractivity contribution in [1.29, 1.82) is 0 Å². The molecule has 2 aromatic carbocycles. The average molecular weight is 280 g/mol. The van der Waals surface area contributed by atoms with Crippen LogP contribution < -0.4 is 5.73 Å². The molecule has 0 aromatic heterocycles. The smallest absolute Gasteiger partial charge is 0.134 e. The van der Waals surface area contributed by atoms with Crippen LogP contribution in [-0.2, 0) is 6.42 Å². The number of aromatic hydroxyl groups is 1. The highest BCUT2D eigenvalue weighted by molar-refractivity contribution is 6.32. The molecule has 0 aliphatic rings.